The normalized spacial score (nSPS) is 17.4. The van der Waals surface area contributed by atoms with E-state index < -0.39 is 0 Å². The Balaban J connectivity index is 2.36. The van der Waals surface area contributed by atoms with Crippen molar-refractivity contribution in [2.45, 2.75) is 18.9 Å². The van der Waals surface area contributed by atoms with Crippen LogP contribution in [0.4, 0.5) is 0 Å². The maximum absolute atomic E-state index is 9.77. The third-order valence-corrected chi connectivity index (χ3v) is 3.82. The lowest BCUT2D eigenvalue weighted by Crippen LogP contribution is -2.24. The van der Waals surface area contributed by atoms with Crippen LogP contribution in [0.15, 0.2) is 16.6 Å². The van der Waals surface area contributed by atoms with Crippen molar-refractivity contribution < 1.29 is 9.84 Å². The molecule has 1 aromatic carbocycles. The Morgan fingerprint density at radius 2 is 2.11 bits per heavy atom. The van der Waals surface area contributed by atoms with Crippen molar-refractivity contribution in [3.63, 3.8) is 0 Å². The predicted octanol–water partition coefficient (Wildman–Crippen LogP) is 2.82. The van der Waals surface area contributed by atoms with Gasteiger partial charge in [0.05, 0.1) is 17.7 Å². The van der Waals surface area contributed by atoms with Gasteiger partial charge >= 0.3 is 0 Å². The maximum atomic E-state index is 9.77. The van der Waals surface area contributed by atoms with Crippen LogP contribution in [0, 0.1) is 11.3 Å². The van der Waals surface area contributed by atoms with E-state index in [4.69, 9.17) is 4.74 Å². The molecule has 0 saturated carbocycles. The smallest absolute Gasteiger partial charge is 0.172 e. The highest BCUT2D eigenvalue weighted by Gasteiger charge is 2.24. The van der Waals surface area contributed by atoms with Gasteiger partial charge < -0.3 is 9.84 Å². The molecule has 0 aliphatic carbocycles. The third-order valence-electron chi connectivity index (χ3n) is 3.21. The average Bonchev–Trinajstić information content (AvgIpc) is 2.88. The van der Waals surface area contributed by atoms with Gasteiger partial charge in [0.25, 0.3) is 0 Å². The molecule has 0 aromatic heterocycles. The molecule has 1 heterocycles. The topological polar surface area (TPSA) is 56.5 Å². The first-order chi connectivity index (χ1) is 8.67. The number of nitriles is 1. The largest absolute Gasteiger partial charge is 0.503 e. The number of methoxy groups -OCH3 is 1. The summed E-state index contributed by atoms with van der Waals surface area (Å²) in [5, 5.41) is 19.1. The Morgan fingerprint density at radius 3 is 2.67 bits per heavy atom. The summed E-state index contributed by atoms with van der Waals surface area (Å²) in [4.78, 5) is 2.15. The number of hydrogen-bond acceptors (Lipinski definition) is 4. The first-order valence-electron chi connectivity index (χ1n) is 5.87. The Labute approximate surface area is 115 Å². The molecule has 4 nitrogen and oxygen atoms in total. The second-order valence-corrected chi connectivity index (χ2v) is 5.18. The molecule has 1 aliphatic heterocycles. The van der Waals surface area contributed by atoms with E-state index in [-0.39, 0.29) is 11.8 Å². The lowest BCUT2D eigenvalue weighted by atomic mass is 10.1. The van der Waals surface area contributed by atoms with E-state index >= 15 is 0 Å². The number of halogens is 1. The first kappa shape index (κ1) is 13.2. The van der Waals surface area contributed by atoms with E-state index in [0.717, 1.165) is 31.5 Å². The van der Waals surface area contributed by atoms with Crippen LogP contribution in [-0.4, -0.2) is 30.2 Å². The molecule has 0 bridgehead atoms. The number of phenols is 1. The Bertz CT molecular complexity index is 479. The summed E-state index contributed by atoms with van der Waals surface area (Å²) in [5.74, 6) is 0.457. The standard InChI is InChI=1S/C13H15BrN2O2/c1-18-12-7-9(6-10(14)13(12)17)11(8-15)16-4-2-3-5-16/h6-7,11,17H,2-5H2,1H3. The van der Waals surface area contributed by atoms with Gasteiger partial charge in [-0.2, -0.15) is 5.26 Å². The Morgan fingerprint density at radius 1 is 1.44 bits per heavy atom. The molecule has 1 fully saturated rings. The van der Waals surface area contributed by atoms with Crippen molar-refractivity contribution in [1.82, 2.24) is 4.90 Å². The number of likely N-dealkylation sites (tertiary alicyclic amines) is 1. The lowest BCUT2D eigenvalue weighted by Gasteiger charge is -2.22. The number of hydrogen-bond donors (Lipinski definition) is 1. The highest BCUT2D eigenvalue weighted by Crippen LogP contribution is 2.38. The van der Waals surface area contributed by atoms with Crippen molar-refractivity contribution in [3.05, 3.63) is 22.2 Å². The zero-order chi connectivity index (χ0) is 13.1. The fourth-order valence-electron chi connectivity index (χ4n) is 2.27. The molecule has 5 heteroatoms. The van der Waals surface area contributed by atoms with E-state index in [0.29, 0.717) is 10.2 Å². The molecule has 96 valence electrons. The third kappa shape index (κ3) is 2.45. The molecule has 1 unspecified atom stereocenters. The van der Waals surface area contributed by atoms with E-state index in [1.54, 1.807) is 12.1 Å². The van der Waals surface area contributed by atoms with Crippen LogP contribution in [0.25, 0.3) is 0 Å². The van der Waals surface area contributed by atoms with Crippen molar-refractivity contribution in [2.75, 3.05) is 20.2 Å². The minimum Gasteiger partial charge on any atom is -0.503 e. The van der Waals surface area contributed by atoms with Gasteiger partial charge in [0.2, 0.25) is 0 Å². The number of benzene rings is 1. The molecule has 0 amide bonds. The zero-order valence-electron chi connectivity index (χ0n) is 10.2. The fourth-order valence-corrected chi connectivity index (χ4v) is 2.73. The van der Waals surface area contributed by atoms with Crippen molar-refractivity contribution in [2.24, 2.45) is 0 Å². The first-order valence-corrected chi connectivity index (χ1v) is 6.66. The highest BCUT2D eigenvalue weighted by atomic mass is 79.9. The molecule has 1 aromatic rings. The van der Waals surface area contributed by atoms with Gasteiger partial charge in [0.1, 0.15) is 6.04 Å². The summed E-state index contributed by atoms with van der Waals surface area (Å²) >= 11 is 3.29. The van der Waals surface area contributed by atoms with Crippen LogP contribution in [-0.2, 0) is 0 Å². The summed E-state index contributed by atoms with van der Waals surface area (Å²) < 4.78 is 5.67. The van der Waals surface area contributed by atoms with Gasteiger partial charge in [-0.1, -0.05) is 0 Å². The monoisotopic (exact) mass is 310 g/mol. The van der Waals surface area contributed by atoms with Crippen LogP contribution >= 0.6 is 15.9 Å². The molecule has 1 aliphatic rings. The van der Waals surface area contributed by atoms with Crippen molar-refractivity contribution >= 4 is 15.9 Å². The molecular weight excluding hydrogens is 296 g/mol. The minimum absolute atomic E-state index is 0.0689. The summed E-state index contributed by atoms with van der Waals surface area (Å²) in [6.07, 6.45) is 2.27. The minimum atomic E-state index is -0.279. The van der Waals surface area contributed by atoms with Gasteiger partial charge in [-0.25, -0.2) is 0 Å². The van der Waals surface area contributed by atoms with Gasteiger partial charge in [-0.05, 0) is 59.6 Å². The van der Waals surface area contributed by atoms with Crippen molar-refractivity contribution in [1.29, 1.82) is 5.26 Å². The predicted molar refractivity (Wildman–Crippen MR) is 71.5 cm³/mol. The van der Waals surface area contributed by atoms with Crippen LogP contribution in [0.2, 0.25) is 0 Å². The molecule has 18 heavy (non-hydrogen) atoms. The highest BCUT2D eigenvalue weighted by molar-refractivity contribution is 9.10. The van der Waals surface area contributed by atoms with E-state index in [2.05, 4.69) is 26.9 Å². The molecule has 1 N–H and O–H groups in total. The van der Waals surface area contributed by atoms with E-state index in [1.807, 2.05) is 0 Å². The van der Waals surface area contributed by atoms with Crippen LogP contribution < -0.4 is 4.74 Å². The van der Waals surface area contributed by atoms with Gasteiger partial charge in [-0.3, -0.25) is 4.90 Å². The second kappa shape index (κ2) is 5.59. The van der Waals surface area contributed by atoms with Gasteiger partial charge in [0.15, 0.2) is 11.5 Å². The summed E-state index contributed by atoms with van der Waals surface area (Å²) in [7, 11) is 1.50. The molecule has 0 spiro atoms. The quantitative estimate of drug-likeness (QED) is 0.932. The van der Waals surface area contributed by atoms with E-state index in [9.17, 15) is 10.4 Å². The summed E-state index contributed by atoms with van der Waals surface area (Å²) in [6, 6.07) is 5.56. The maximum Gasteiger partial charge on any atom is 0.172 e. The SMILES string of the molecule is COc1cc(C(C#N)N2CCCC2)cc(Br)c1O. The number of ether oxygens (including phenoxy) is 1. The van der Waals surface area contributed by atoms with E-state index in [1.165, 1.54) is 7.11 Å². The van der Waals surface area contributed by atoms with Crippen LogP contribution in [0.5, 0.6) is 11.5 Å². The van der Waals surface area contributed by atoms with Crippen molar-refractivity contribution in [3.8, 4) is 17.6 Å². The Kier molecular flexibility index (Phi) is 4.10. The van der Waals surface area contributed by atoms with Gasteiger partial charge in [-0.15, -0.1) is 0 Å². The number of phenolic OH excluding ortho intramolecular Hbond substituents is 1. The molecule has 2 rings (SSSR count). The molecule has 1 saturated heterocycles. The van der Waals surface area contributed by atoms with Crippen LogP contribution in [0.3, 0.4) is 0 Å². The second-order valence-electron chi connectivity index (χ2n) is 4.33. The number of aromatic hydroxyl groups is 1. The summed E-state index contributed by atoms with van der Waals surface area (Å²) in [5.41, 5.74) is 0.848. The molecule has 1 atom stereocenters. The average molecular weight is 311 g/mol. The number of rotatable bonds is 3. The Hall–Kier alpha value is -1.25. The molecule has 0 radical (unpaired) electrons. The zero-order valence-corrected chi connectivity index (χ0v) is 11.8. The lowest BCUT2D eigenvalue weighted by molar-refractivity contribution is 0.292. The van der Waals surface area contributed by atoms with Crippen LogP contribution in [0.1, 0.15) is 24.4 Å². The van der Waals surface area contributed by atoms with Gasteiger partial charge in [0, 0.05) is 0 Å². The number of nitrogens with zero attached hydrogens (tertiary/aromatic N) is 2. The summed E-state index contributed by atoms with van der Waals surface area (Å²) in [6.45, 7) is 1.89. The fraction of sp³-hybridized carbons (Fsp3) is 0.462. The molecular formula is C13H15BrN2O2.